The Kier molecular flexibility index (Phi) is 3.07. The first kappa shape index (κ1) is 12.6. The van der Waals surface area contributed by atoms with Gasteiger partial charge in [-0.05, 0) is 31.9 Å². The number of anilines is 1. The van der Waals surface area contributed by atoms with Gasteiger partial charge < -0.3 is 14.4 Å². The number of hydrogen-bond acceptors (Lipinski definition) is 3. The molecule has 4 nitrogen and oxygen atoms in total. The van der Waals surface area contributed by atoms with E-state index >= 15 is 0 Å². The molecule has 1 aromatic carbocycles. The van der Waals surface area contributed by atoms with Crippen LogP contribution < -0.4 is 4.90 Å². The van der Waals surface area contributed by atoms with Crippen molar-refractivity contribution in [3.8, 4) is 0 Å². The summed E-state index contributed by atoms with van der Waals surface area (Å²) < 4.78 is 11.6. The first-order valence-electron chi connectivity index (χ1n) is 6.90. The Morgan fingerprint density at radius 1 is 1.32 bits per heavy atom. The predicted molar refractivity (Wildman–Crippen MR) is 72.0 cm³/mol. The van der Waals surface area contributed by atoms with Crippen molar-refractivity contribution in [3.05, 3.63) is 29.3 Å². The van der Waals surface area contributed by atoms with Crippen LogP contribution in [0, 0.1) is 6.92 Å². The summed E-state index contributed by atoms with van der Waals surface area (Å²) in [5.74, 6) is -1.26. The van der Waals surface area contributed by atoms with Crippen LogP contribution in [0.2, 0.25) is 0 Å². The van der Waals surface area contributed by atoms with Crippen LogP contribution in [0.4, 0.5) is 5.69 Å². The maximum atomic E-state index is 12.7. The number of amides is 1. The molecule has 3 rings (SSSR count). The summed E-state index contributed by atoms with van der Waals surface area (Å²) in [6.45, 7) is 5.92. The summed E-state index contributed by atoms with van der Waals surface area (Å²) in [4.78, 5) is 14.5. The van der Waals surface area contributed by atoms with Gasteiger partial charge in [0.15, 0.2) is 0 Å². The van der Waals surface area contributed by atoms with Crippen LogP contribution in [0.1, 0.15) is 30.9 Å². The van der Waals surface area contributed by atoms with E-state index in [4.69, 9.17) is 9.47 Å². The third kappa shape index (κ3) is 1.78. The lowest BCUT2D eigenvalue weighted by Crippen LogP contribution is -2.47. The van der Waals surface area contributed by atoms with E-state index in [-0.39, 0.29) is 5.91 Å². The van der Waals surface area contributed by atoms with E-state index in [1.165, 1.54) is 0 Å². The molecule has 0 unspecified atom stereocenters. The summed E-state index contributed by atoms with van der Waals surface area (Å²) in [5.41, 5.74) is 2.91. The van der Waals surface area contributed by atoms with Crippen LogP contribution in [0.25, 0.3) is 0 Å². The third-order valence-corrected chi connectivity index (χ3v) is 3.67. The molecule has 19 heavy (non-hydrogen) atoms. The monoisotopic (exact) mass is 261 g/mol. The van der Waals surface area contributed by atoms with Gasteiger partial charge in [-0.1, -0.05) is 18.6 Å². The number of rotatable bonds is 2. The summed E-state index contributed by atoms with van der Waals surface area (Å²) in [6.07, 6.45) is 1.75. The van der Waals surface area contributed by atoms with E-state index < -0.39 is 5.79 Å². The zero-order valence-corrected chi connectivity index (χ0v) is 11.4. The normalized spacial score (nSPS) is 20.9. The quantitative estimate of drug-likeness (QED) is 0.820. The fourth-order valence-corrected chi connectivity index (χ4v) is 2.81. The average molecular weight is 261 g/mol. The molecule has 2 aliphatic rings. The summed E-state index contributed by atoms with van der Waals surface area (Å²) >= 11 is 0. The Hall–Kier alpha value is -1.39. The lowest BCUT2D eigenvalue weighted by molar-refractivity contribution is -0.256. The molecule has 1 spiro atoms. The first-order valence-corrected chi connectivity index (χ1v) is 6.90. The Labute approximate surface area is 113 Å². The van der Waals surface area contributed by atoms with Crippen LogP contribution in [0.3, 0.4) is 0 Å². The van der Waals surface area contributed by atoms with Crippen LogP contribution in [0.15, 0.2) is 18.2 Å². The summed E-state index contributed by atoms with van der Waals surface area (Å²) in [7, 11) is 0. The van der Waals surface area contributed by atoms with Gasteiger partial charge in [0.25, 0.3) is 11.7 Å². The maximum Gasteiger partial charge on any atom is 0.292 e. The maximum absolute atomic E-state index is 12.7. The van der Waals surface area contributed by atoms with Crippen LogP contribution in [-0.2, 0) is 20.1 Å². The van der Waals surface area contributed by atoms with Crippen molar-refractivity contribution in [1.82, 2.24) is 0 Å². The number of carbonyl (C=O) groups is 1. The minimum Gasteiger partial charge on any atom is -0.338 e. The zero-order valence-electron chi connectivity index (χ0n) is 11.4. The van der Waals surface area contributed by atoms with Crippen molar-refractivity contribution in [2.75, 3.05) is 24.7 Å². The fourth-order valence-electron chi connectivity index (χ4n) is 2.81. The number of carbonyl (C=O) groups excluding carboxylic acids is 1. The van der Waals surface area contributed by atoms with Gasteiger partial charge in [0.05, 0.1) is 18.9 Å². The molecule has 1 amide bonds. The van der Waals surface area contributed by atoms with Crippen LogP contribution in [0.5, 0.6) is 0 Å². The topological polar surface area (TPSA) is 38.8 Å². The highest BCUT2D eigenvalue weighted by molar-refractivity contribution is 6.06. The number of aryl methyl sites for hydroxylation is 1. The summed E-state index contributed by atoms with van der Waals surface area (Å²) in [6, 6.07) is 6.03. The van der Waals surface area contributed by atoms with Crippen LogP contribution >= 0.6 is 0 Å². The van der Waals surface area contributed by atoms with Gasteiger partial charge in [-0.15, -0.1) is 0 Å². The van der Waals surface area contributed by atoms with Crippen molar-refractivity contribution in [2.45, 2.75) is 32.5 Å². The average Bonchev–Trinajstić information content (AvgIpc) is 2.64. The molecule has 0 aliphatic carbocycles. The van der Waals surface area contributed by atoms with Gasteiger partial charge >= 0.3 is 0 Å². The Morgan fingerprint density at radius 2 is 2.05 bits per heavy atom. The SMILES string of the molecule is CCCN1C(=O)C2(OCCCO2)c2cc(C)ccc21. The molecule has 1 fully saturated rings. The molecule has 0 aromatic heterocycles. The molecule has 1 aromatic rings. The number of ether oxygens (including phenoxy) is 2. The molecular weight excluding hydrogens is 242 g/mol. The number of nitrogens with zero attached hydrogens (tertiary/aromatic N) is 1. The lowest BCUT2D eigenvalue weighted by Gasteiger charge is -2.32. The standard InChI is InChI=1S/C15H19NO3/c1-3-7-16-13-6-5-11(2)10-12(13)15(14(16)17)18-8-4-9-19-15/h5-6,10H,3-4,7-9H2,1-2H3. The largest absolute Gasteiger partial charge is 0.338 e. The minimum absolute atomic E-state index is 0.0744. The van der Waals surface area contributed by atoms with Gasteiger partial charge in [-0.2, -0.15) is 0 Å². The molecule has 1 saturated heterocycles. The highest BCUT2D eigenvalue weighted by Crippen LogP contribution is 2.45. The van der Waals surface area contributed by atoms with Gasteiger partial charge in [0.2, 0.25) is 0 Å². The zero-order chi connectivity index (χ0) is 13.5. The second-order valence-corrected chi connectivity index (χ2v) is 5.14. The second-order valence-electron chi connectivity index (χ2n) is 5.14. The third-order valence-electron chi connectivity index (χ3n) is 3.67. The predicted octanol–water partition coefficient (Wildman–Crippen LogP) is 2.34. The highest BCUT2D eigenvalue weighted by atomic mass is 16.7. The molecule has 102 valence electrons. The van der Waals surface area contributed by atoms with Crippen molar-refractivity contribution >= 4 is 11.6 Å². The van der Waals surface area contributed by atoms with Crippen molar-refractivity contribution in [1.29, 1.82) is 0 Å². The molecule has 4 heteroatoms. The van der Waals surface area contributed by atoms with E-state index in [2.05, 4.69) is 6.92 Å². The molecule has 0 saturated carbocycles. The van der Waals surface area contributed by atoms with E-state index in [0.717, 1.165) is 29.7 Å². The molecule has 0 N–H and O–H groups in total. The van der Waals surface area contributed by atoms with E-state index in [1.54, 1.807) is 4.90 Å². The smallest absolute Gasteiger partial charge is 0.292 e. The first-order chi connectivity index (χ1) is 9.19. The van der Waals surface area contributed by atoms with E-state index in [9.17, 15) is 4.79 Å². The molecule has 0 radical (unpaired) electrons. The fraction of sp³-hybridized carbons (Fsp3) is 0.533. The van der Waals surface area contributed by atoms with Crippen LogP contribution in [-0.4, -0.2) is 25.7 Å². The minimum atomic E-state index is -1.19. The van der Waals surface area contributed by atoms with E-state index in [1.807, 2.05) is 25.1 Å². The highest BCUT2D eigenvalue weighted by Gasteiger charge is 2.54. The van der Waals surface area contributed by atoms with Crippen molar-refractivity contribution in [2.24, 2.45) is 0 Å². The molecule has 0 bridgehead atoms. The van der Waals surface area contributed by atoms with Gasteiger partial charge in [-0.25, -0.2) is 0 Å². The van der Waals surface area contributed by atoms with Gasteiger partial charge in [0, 0.05) is 12.1 Å². The Morgan fingerprint density at radius 3 is 2.74 bits per heavy atom. The van der Waals surface area contributed by atoms with Gasteiger partial charge in [-0.3, -0.25) is 4.79 Å². The number of hydrogen-bond donors (Lipinski definition) is 0. The van der Waals surface area contributed by atoms with Crippen molar-refractivity contribution in [3.63, 3.8) is 0 Å². The van der Waals surface area contributed by atoms with Gasteiger partial charge in [0.1, 0.15) is 0 Å². The molecule has 2 aliphatic heterocycles. The molecule has 2 heterocycles. The Balaban J connectivity index is 2.12. The van der Waals surface area contributed by atoms with Crippen molar-refractivity contribution < 1.29 is 14.3 Å². The molecule has 0 atom stereocenters. The summed E-state index contributed by atoms with van der Waals surface area (Å²) in [5, 5.41) is 0. The second kappa shape index (κ2) is 4.62. The number of benzene rings is 1. The molecular formula is C15H19NO3. The lowest BCUT2D eigenvalue weighted by atomic mass is 10.0. The van der Waals surface area contributed by atoms with E-state index in [0.29, 0.717) is 19.8 Å². The Bertz CT molecular complexity index is 506. The number of fused-ring (bicyclic) bond motifs is 2.